The van der Waals surface area contributed by atoms with Gasteiger partial charge in [0.1, 0.15) is 18.1 Å². The summed E-state index contributed by atoms with van der Waals surface area (Å²) < 4.78 is 0. The lowest BCUT2D eigenvalue weighted by Crippen LogP contribution is -2.57. The highest BCUT2D eigenvalue weighted by Gasteiger charge is 2.39. The molecular formula is C25H39N5O5. The van der Waals surface area contributed by atoms with E-state index in [4.69, 9.17) is 11.5 Å². The number of aliphatic carboxylic acids is 1. The van der Waals surface area contributed by atoms with Gasteiger partial charge in [-0.1, -0.05) is 50.6 Å². The Morgan fingerprint density at radius 3 is 2.40 bits per heavy atom. The SMILES string of the molecule is CC(C)C(NC(=O)C1CCCN1C(=O)C(Cc1ccccc1)NC(=O)C(N)CCCCN)C(=O)O. The van der Waals surface area contributed by atoms with E-state index in [1.54, 1.807) is 13.8 Å². The molecule has 0 spiro atoms. The number of carboxylic acids is 1. The Hall–Kier alpha value is -2.98. The first kappa shape index (κ1) is 28.3. The summed E-state index contributed by atoms with van der Waals surface area (Å²) in [6.45, 7) is 4.28. The van der Waals surface area contributed by atoms with Crippen molar-refractivity contribution in [3.05, 3.63) is 35.9 Å². The summed E-state index contributed by atoms with van der Waals surface area (Å²) in [6.07, 6.45) is 3.19. The molecule has 1 heterocycles. The van der Waals surface area contributed by atoms with Crippen LogP contribution < -0.4 is 22.1 Å². The lowest BCUT2D eigenvalue weighted by molar-refractivity contribution is -0.145. The van der Waals surface area contributed by atoms with Crippen molar-refractivity contribution in [2.75, 3.05) is 13.1 Å². The number of carbonyl (C=O) groups excluding carboxylic acids is 3. The monoisotopic (exact) mass is 489 g/mol. The van der Waals surface area contributed by atoms with Crippen LogP contribution in [0, 0.1) is 5.92 Å². The molecule has 4 atom stereocenters. The minimum atomic E-state index is -1.12. The van der Waals surface area contributed by atoms with Crippen molar-refractivity contribution in [1.29, 1.82) is 0 Å². The Morgan fingerprint density at radius 2 is 1.80 bits per heavy atom. The Morgan fingerprint density at radius 1 is 1.11 bits per heavy atom. The van der Waals surface area contributed by atoms with Crippen molar-refractivity contribution in [2.24, 2.45) is 17.4 Å². The van der Waals surface area contributed by atoms with Crippen LogP contribution in [-0.4, -0.2) is 71.0 Å². The largest absolute Gasteiger partial charge is 0.480 e. The quantitative estimate of drug-likeness (QED) is 0.250. The van der Waals surface area contributed by atoms with Crippen LogP contribution in [-0.2, 0) is 25.6 Å². The highest BCUT2D eigenvalue weighted by Crippen LogP contribution is 2.20. The molecule has 3 amide bonds. The number of carboxylic acid groups (broad SMARTS) is 1. The van der Waals surface area contributed by atoms with E-state index in [-0.39, 0.29) is 18.2 Å². The minimum Gasteiger partial charge on any atom is -0.480 e. The van der Waals surface area contributed by atoms with Crippen molar-refractivity contribution in [3.8, 4) is 0 Å². The number of carbonyl (C=O) groups is 4. The third-order valence-electron chi connectivity index (χ3n) is 6.27. The number of nitrogens with two attached hydrogens (primary N) is 2. The molecule has 1 saturated heterocycles. The van der Waals surface area contributed by atoms with Crippen molar-refractivity contribution in [2.45, 2.75) is 76.5 Å². The van der Waals surface area contributed by atoms with Gasteiger partial charge in [0.2, 0.25) is 17.7 Å². The number of amides is 3. The first-order chi connectivity index (χ1) is 16.6. The lowest BCUT2D eigenvalue weighted by Gasteiger charge is -2.30. The Balaban J connectivity index is 2.18. The van der Waals surface area contributed by atoms with Gasteiger partial charge in [0.15, 0.2) is 0 Å². The van der Waals surface area contributed by atoms with Gasteiger partial charge in [-0.15, -0.1) is 0 Å². The molecule has 0 radical (unpaired) electrons. The van der Waals surface area contributed by atoms with Crippen LogP contribution in [0.1, 0.15) is 51.5 Å². The summed E-state index contributed by atoms with van der Waals surface area (Å²) in [7, 11) is 0. The first-order valence-corrected chi connectivity index (χ1v) is 12.3. The standard InChI is InChI=1S/C25H39N5O5/c1-16(2)21(25(34)35)29-23(32)20-12-8-14-30(20)24(33)19(15-17-9-4-3-5-10-17)28-22(31)18(27)11-6-7-13-26/h3-5,9-10,16,18-21H,6-8,11-15,26-27H2,1-2H3,(H,28,31)(H,29,32)(H,34,35). The van der Waals surface area contributed by atoms with E-state index < -0.39 is 42.0 Å². The lowest BCUT2D eigenvalue weighted by atomic mass is 10.0. The number of likely N-dealkylation sites (tertiary alicyclic amines) is 1. The second-order valence-electron chi connectivity index (χ2n) is 9.40. The van der Waals surface area contributed by atoms with Gasteiger partial charge in [0, 0.05) is 13.0 Å². The Bertz CT molecular complexity index is 863. The van der Waals surface area contributed by atoms with Crippen LogP contribution in [0.4, 0.5) is 0 Å². The van der Waals surface area contributed by atoms with Gasteiger partial charge in [-0.3, -0.25) is 14.4 Å². The van der Waals surface area contributed by atoms with E-state index >= 15 is 0 Å². The number of hydrogen-bond acceptors (Lipinski definition) is 6. The predicted molar refractivity (Wildman–Crippen MR) is 132 cm³/mol. The molecule has 1 aliphatic heterocycles. The molecule has 0 saturated carbocycles. The molecule has 1 fully saturated rings. The molecule has 0 aromatic heterocycles. The highest BCUT2D eigenvalue weighted by molar-refractivity contribution is 5.94. The van der Waals surface area contributed by atoms with Gasteiger partial charge in [-0.25, -0.2) is 4.79 Å². The Labute approximate surface area is 206 Å². The van der Waals surface area contributed by atoms with E-state index in [2.05, 4.69) is 10.6 Å². The molecule has 10 nitrogen and oxygen atoms in total. The van der Waals surface area contributed by atoms with Gasteiger partial charge in [0.05, 0.1) is 6.04 Å². The van der Waals surface area contributed by atoms with Gasteiger partial charge in [-0.2, -0.15) is 0 Å². The van der Waals surface area contributed by atoms with E-state index in [1.165, 1.54) is 4.90 Å². The van der Waals surface area contributed by atoms with Crippen LogP contribution in [0.5, 0.6) is 0 Å². The number of unbranched alkanes of at least 4 members (excludes halogenated alkanes) is 1. The van der Waals surface area contributed by atoms with Gasteiger partial charge >= 0.3 is 5.97 Å². The van der Waals surface area contributed by atoms with Crippen LogP contribution in [0.25, 0.3) is 0 Å². The predicted octanol–water partition coefficient (Wildman–Crippen LogP) is 0.387. The third-order valence-corrected chi connectivity index (χ3v) is 6.27. The summed E-state index contributed by atoms with van der Waals surface area (Å²) >= 11 is 0. The molecule has 194 valence electrons. The maximum absolute atomic E-state index is 13.6. The zero-order valence-electron chi connectivity index (χ0n) is 20.6. The molecule has 4 unspecified atom stereocenters. The van der Waals surface area contributed by atoms with Crippen LogP contribution in [0.2, 0.25) is 0 Å². The summed E-state index contributed by atoms with van der Waals surface area (Å²) in [5.74, 6) is -2.75. The first-order valence-electron chi connectivity index (χ1n) is 12.3. The van der Waals surface area contributed by atoms with Crippen molar-refractivity contribution < 1.29 is 24.3 Å². The maximum atomic E-state index is 13.6. The molecule has 1 aromatic carbocycles. The van der Waals surface area contributed by atoms with Gasteiger partial charge < -0.3 is 32.1 Å². The highest BCUT2D eigenvalue weighted by atomic mass is 16.4. The van der Waals surface area contributed by atoms with E-state index in [0.717, 1.165) is 12.0 Å². The molecule has 10 heteroatoms. The van der Waals surface area contributed by atoms with Crippen molar-refractivity contribution in [3.63, 3.8) is 0 Å². The topological polar surface area (TPSA) is 168 Å². The van der Waals surface area contributed by atoms with E-state index in [1.807, 2.05) is 30.3 Å². The third kappa shape index (κ3) is 8.32. The molecular weight excluding hydrogens is 450 g/mol. The smallest absolute Gasteiger partial charge is 0.326 e. The number of nitrogens with one attached hydrogen (secondary N) is 2. The molecule has 0 bridgehead atoms. The van der Waals surface area contributed by atoms with Gasteiger partial charge in [-0.05, 0) is 43.7 Å². The summed E-state index contributed by atoms with van der Waals surface area (Å²) in [6, 6.07) is 5.77. The average molecular weight is 490 g/mol. The number of rotatable bonds is 13. The fourth-order valence-corrected chi connectivity index (χ4v) is 4.23. The minimum absolute atomic E-state index is 0.246. The Kier molecular flexibility index (Phi) is 11.1. The van der Waals surface area contributed by atoms with Gasteiger partial charge in [0.25, 0.3) is 0 Å². The number of benzene rings is 1. The normalized spacial score (nSPS) is 18.1. The summed E-state index contributed by atoms with van der Waals surface area (Å²) in [4.78, 5) is 52.3. The fourth-order valence-electron chi connectivity index (χ4n) is 4.23. The number of hydrogen-bond donors (Lipinski definition) is 5. The second kappa shape index (κ2) is 13.8. The zero-order valence-corrected chi connectivity index (χ0v) is 20.6. The molecule has 1 aliphatic rings. The molecule has 2 rings (SSSR count). The molecule has 35 heavy (non-hydrogen) atoms. The van der Waals surface area contributed by atoms with E-state index in [0.29, 0.717) is 38.8 Å². The zero-order chi connectivity index (χ0) is 26.0. The number of nitrogens with zero attached hydrogens (tertiary/aromatic N) is 1. The fraction of sp³-hybridized carbons (Fsp3) is 0.600. The van der Waals surface area contributed by atoms with Crippen molar-refractivity contribution >= 4 is 23.7 Å². The van der Waals surface area contributed by atoms with Crippen molar-refractivity contribution in [1.82, 2.24) is 15.5 Å². The average Bonchev–Trinajstić information content (AvgIpc) is 3.32. The summed E-state index contributed by atoms with van der Waals surface area (Å²) in [5.41, 5.74) is 12.4. The van der Waals surface area contributed by atoms with E-state index in [9.17, 15) is 24.3 Å². The summed E-state index contributed by atoms with van der Waals surface area (Å²) in [5, 5.41) is 14.8. The maximum Gasteiger partial charge on any atom is 0.326 e. The second-order valence-corrected chi connectivity index (χ2v) is 9.40. The molecule has 0 aliphatic carbocycles. The van der Waals surface area contributed by atoms with Crippen LogP contribution in [0.15, 0.2) is 30.3 Å². The van der Waals surface area contributed by atoms with Crippen LogP contribution in [0.3, 0.4) is 0 Å². The van der Waals surface area contributed by atoms with Crippen LogP contribution >= 0.6 is 0 Å². The molecule has 7 N–H and O–H groups in total. The molecule has 1 aromatic rings.